The highest BCUT2D eigenvalue weighted by molar-refractivity contribution is 6.32. The van der Waals surface area contributed by atoms with Crippen molar-refractivity contribution in [2.75, 3.05) is 37.1 Å². The number of methoxy groups -OCH3 is 1. The summed E-state index contributed by atoms with van der Waals surface area (Å²) in [5.74, 6) is 0.584. The quantitative estimate of drug-likeness (QED) is 0.664. The van der Waals surface area contributed by atoms with E-state index in [2.05, 4.69) is 5.32 Å². The van der Waals surface area contributed by atoms with Crippen molar-refractivity contribution in [3.05, 3.63) is 47.5 Å². The third-order valence-corrected chi connectivity index (χ3v) is 4.71. The second-order valence-corrected chi connectivity index (χ2v) is 6.88. The summed E-state index contributed by atoms with van der Waals surface area (Å²) in [7, 11) is 1.57. The first-order valence-electron chi connectivity index (χ1n) is 9.28. The minimum Gasteiger partial charge on any atom is -0.487 e. The number of nitrogens with one attached hydrogen (secondary N) is 1. The molecule has 154 valence electrons. The molecule has 2 amide bonds. The van der Waals surface area contributed by atoms with Gasteiger partial charge in [-0.1, -0.05) is 29.8 Å². The summed E-state index contributed by atoms with van der Waals surface area (Å²) in [6.45, 7) is 2.63. The van der Waals surface area contributed by atoms with E-state index in [1.165, 1.54) is 0 Å². The number of hydrogen-bond acceptors (Lipinski definition) is 5. The molecule has 0 aliphatic carbocycles. The first-order valence-corrected chi connectivity index (χ1v) is 9.66. The maximum atomic E-state index is 12.5. The highest BCUT2D eigenvalue weighted by Gasteiger charge is 2.31. The predicted octanol–water partition coefficient (Wildman–Crippen LogP) is 3.51. The predicted molar refractivity (Wildman–Crippen MR) is 111 cm³/mol. The standard InChI is InChI=1S/C21H23ClN2O5/c1-14-21(26)24(17-8-3-4-9-18(17)29-14)11-10-19(25)23-16-7-5-6-15(22)20(16)28-13-12-27-2/h3-9,14H,10-13H2,1-2H3,(H,23,25). The van der Waals surface area contributed by atoms with Crippen molar-refractivity contribution >= 4 is 34.8 Å². The molecule has 1 N–H and O–H groups in total. The number of amides is 2. The van der Waals surface area contributed by atoms with Crippen molar-refractivity contribution < 1.29 is 23.8 Å². The zero-order valence-electron chi connectivity index (χ0n) is 16.3. The van der Waals surface area contributed by atoms with Gasteiger partial charge in [0.2, 0.25) is 5.91 Å². The second-order valence-electron chi connectivity index (χ2n) is 6.47. The summed E-state index contributed by atoms with van der Waals surface area (Å²) in [6.07, 6.45) is -0.488. The average Bonchev–Trinajstić information content (AvgIpc) is 2.70. The zero-order chi connectivity index (χ0) is 20.8. The maximum Gasteiger partial charge on any atom is 0.267 e. The van der Waals surface area contributed by atoms with Gasteiger partial charge in [-0.15, -0.1) is 0 Å². The molecule has 0 radical (unpaired) electrons. The van der Waals surface area contributed by atoms with Crippen molar-refractivity contribution in [3.8, 4) is 11.5 Å². The van der Waals surface area contributed by atoms with Crippen molar-refractivity contribution in [2.45, 2.75) is 19.4 Å². The molecule has 3 rings (SSSR count). The maximum absolute atomic E-state index is 12.5. The Bertz CT molecular complexity index is 889. The summed E-state index contributed by atoms with van der Waals surface area (Å²) in [4.78, 5) is 26.6. The van der Waals surface area contributed by atoms with Crippen LogP contribution in [-0.4, -0.2) is 44.8 Å². The molecule has 0 aromatic heterocycles. The number of carbonyl (C=O) groups excluding carboxylic acids is 2. The highest BCUT2D eigenvalue weighted by Crippen LogP contribution is 2.34. The van der Waals surface area contributed by atoms with Crippen molar-refractivity contribution in [1.82, 2.24) is 0 Å². The third kappa shape index (κ3) is 4.99. The summed E-state index contributed by atoms with van der Waals surface area (Å²) >= 11 is 6.20. The van der Waals surface area contributed by atoms with Gasteiger partial charge < -0.3 is 24.4 Å². The number of halogens is 1. The average molecular weight is 419 g/mol. The molecule has 1 heterocycles. The van der Waals surface area contributed by atoms with Gasteiger partial charge in [-0.05, 0) is 31.2 Å². The molecule has 0 saturated carbocycles. The molecule has 7 nitrogen and oxygen atoms in total. The van der Waals surface area contributed by atoms with Crippen LogP contribution < -0.4 is 19.7 Å². The van der Waals surface area contributed by atoms with Crippen LogP contribution in [0.25, 0.3) is 0 Å². The number of anilines is 2. The minimum absolute atomic E-state index is 0.108. The number of hydrogen-bond donors (Lipinski definition) is 1. The van der Waals surface area contributed by atoms with Gasteiger partial charge in [-0.3, -0.25) is 9.59 Å². The van der Waals surface area contributed by atoms with Crippen LogP contribution in [0.4, 0.5) is 11.4 Å². The van der Waals surface area contributed by atoms with E-state index in [9.17, 15) is 9.59 Å². The van der Waals surface area contributed by atoms with E-state index >= 15 is 0 Å². The first kappa shape index (κ1) is 21.0. The highest BCUT2D eigenvalue weighted by atomic mass is 35.5. The number of fused-ring (bicyclic) bond motifs is 1. The molecule has 0 bridgehead atoms. The number of carbonyl (C=O) groups is 2. The number of rotatable bonds is 8. The van der Waals surface area contributed by atoms with E-state index < -0.39 is 6.10 Å². The third-order valence-electron chi connectivity index (χ3n) is 4.41. The topological polar surface area (TPSA) is 77.1 Å². The molecule has 1 unspecified atom stereocenters. The lowest BCUT2D eigenvalue weighted by atomic mass is 10.1. The molecule has 0 fully saturated rings. The first-order chi connectivity index (χ1) is 14.0. The largest absolute Gasteiger partial charge is 0.487 e. The van der Waals surface area contributed by atoms with Crippen LogP contribution in [0.3, 0.4) is 0 Å². The SMILES string of the molecule is COCCOc1c(Cl)cccc1NC(=O)CCN1C(=O)C(C)Oc2ccccc21. The van der Waals surface area contributed by atoms with Gasteiger partial charge in [-0.2, -0.15) is 0 Å². The van der Waals surface area contributed by atoms with E-state index in [4.69, 9.17) is 25.8 Å². The molecular weight excluding hydrogens is 396 g/mol. The summed E-state index contributed by atoms with van der Waals surface area (Å²) in [5, 5.41) is 3.20. The van der Waals surface area contributed by atoms with Crippen LogP contribution in [-0.2, 0) is 14.3 Å². The molecule has 0 saturated heterocycles. The van der Waals surface area contributed by atoms with E-state index in [-0.39, 0.29) is 24.8 Å². The molecule has 1 aliphatic heterocycles. The minimum atomic E-state index is -0.596. The molecular formula is C21H23ClN2O5. The van der Waals surface area contributed by atoms with Crippen LogP contribution >= 0.6 is 11.6 Å². The van der Waals surface area contributed by atoms with Crippen LogP contribution in [0, 0.1) is 0 Å². The summed E-state index contributed by atoms with van der Waals surface area (Å²) in [6, 6.07) is 12.4. The zero-order valence-corrected chi connectivity index (χ0v) is 17.1. The Labute approximate surface area is 174 Å². The Morgan fingerprint density at radius 1 is 1.21 bits per heavy atom. The normalized spacial score (nSPS) is 15.5. The number of para-hydroxylation sites is 3. The number of ether oxygens (including phenoxy) is 3. The Kier molecular flexibility index (Phi) is 6.95. The Hall–Kier alpha value is -2.77. The Morgan fingerprint density at radius 2 is 2.00 bits per heavy atom. The van der Waals surface area contributed by atoms with Gasteiger partial charge in [-0.25, -0.2) is 0 Å². The molecule has 2 aromatic carbocycles. The lowest BCUT2D eigenvalue weighted by Crippen LogP contribution is -2.45. The molecule has 1 atom stereocenters. The smallest absolute Gasteiger partial charge is 0.267 e. The van der Waals surface area contributed by atoms with Gasteiger partial charge in [0.05, 0.1) is 23.0 Å². The van der Waals surface area contributed by atoms with E-state index in [0.29, 0.717) is 41.1 Å². The fourth-order valence-corrected chi connectivity index (χ4v) is 3.23. The summed E-state index contributed by atoms with van der Waals surface area (Å²) in [5.41, 5.74) is 1.13. The van der Waals surface area contributed by atoms with Crippen molar-refractivity contribution in [2.24, 2.45) is 0 Å². The number of benzene rings is 2. The van der Waals surface area contributed by atoms with Gasteiger partial charge in [0.1, 0.15) is 12.4 Å². The Morgan fingerprint density at radius 3 is 2.79 bits per heavy atom. The fraction of sp³-hybridized carbons (Fsp3) is 0.333. The van der Waals surface area contributed by atoms with Gasteiger partial charge in [0.15, 0.2) is 11.9 Å². The fourth-order valence-electron chi connectivity index (χ4n) is 3.00. The van der Waals surface area contributed by atoms with Crippen molar-refractivity contribution in [1.29, 1.82) is 0 Å². The van der Waals surface area contributed by atoms with Crippen LogP contribution in [0.2, 0.25) is 5.02 Å². The van der Waals surface area contributed by atoms with E-state index in [1.807, 2.05) is 12.1 Å². The monoisotopic (exact) mass is 418 g/mol. The van der Waals surface area contributed by atoms with Crippen LogP contribution in [0.5, 0.6) is 11.5 Å². The van der Waals surface area contributed by atoms with Crippen LogP contribution in [0.15, 0.2) is 42.5 Å². The molecule has 2 aromatic rings. The molecule has 29 heavy (non-hydrogen) atoms. The van der Waals surface area contributed by atoms with E-state index in [1.54, 1.807) is 49.3 Å². The lowest BCUT2D eigenvalue weighted by molar-refractivity contribution is -0.125. The molecule has 1 aliphatic rings. The van der Waals surface area contributed by atoms with Gasteiger partial charge in [0, 0.05) is 20.1 Å². The Balaban J connectivity index is 1.66. The lowest BCUT2D eigenvalue weighted by Gasteiger charge is -2.32. The summed E-state index contributed by atoms with van der Waals surface area (Å²) < 4.78 is 16.2. The number of nitrogens with zero attached hydrogens (tertiary/aromatic N) is 1. The van der Waals surface area contributed by atoms with Gasteiger partial charge in [0.25, 0.3) is 5.91 Å². The van der Waals surface area contributed by atoms with Crippen LogP contribution in [0.1, 0.15) is 13.3 Å². The molecule has 8 heteroatoms. The molecule has 0 spiro atoms. The van der Waals surface area contributed by atoms with Crippen molar-refractivity contribution in [3.63, 3.8) is 0 Å². The van der Waals surface area contributed by atoms with E-state index in [0.717, 1.165) is 0 Å². The van der Waals surface area contributed by atoms with Gasteiger partial charge >= 0.3 is 0 Å². The second kappa shape index (κ2) is 9.62.